The average molecular weight is 677 g/mol. The molecule has 2 heterocycles. The van der Waals surface area contributed by atoms with Crippen LogP contribution in [0.1, 0.15) is 50.4 Å². The van der Waals surface area contributed by atoms with Gasteiger partial charge in [0.1, 0.15) is 17.9 Å². The molecule has 15 heteroatoms. The largest absolute Gasteiger partial charge is 0.573 e. The molecule has 0 bridgehead atoms. The normalized spacial score (nSPS) is 17.5. The van der Waals surface area contributed by atoms with Crippen molar-refractivity contribution in [1.82, 2.24) is 20.1 Å². The van der Waals surface area contributed by atoms with Crippen molar-refractivity contribution in [3.63, 3.8) is 0 Å². The van der Waals surface area contributed by atoms with E-state index in [9.17, 15) is 26.7 Å². The number of carbonyl (C=O) groups excluding carboxylic acids is 1. The minimum atomic E-state index is -4.81. The number of hydrogen-bond donors (Lipinski definition) is 1. The standard InChI is InChI=1S/C32H30F6N6O2S/c1-18(2)25-16-22(33)8-13-26(25)44-19(3)14-15-47-31(44)41-30(45)40-28(35)27(34)20-4-6-21(7-5-20)29-39-17-43(42-29)23-9-11-24(12-10-23)46-32(36,37)38/h4-13,16-19,27-28H,14-15H2,1-3H3,(H,40,45)/b41-31-. The van der Waals surface area contributed by atoms with E-state index in [0.717, 1.165) is 24.1 Å². The van der Waals surface area contributed by atoms with Crippen molar-refractivity contribution in [3.8, 4) is 22.8 Å². The maximum Gasteiger partial charge on any atom is 0.573 e. The number of amides is 2. The first-order chi connectivity index (χ1) is 22.3. The third kappa shape index (κ3) is 8.25. The van der Waals surface area contributed by atoms with Crippen LogP contribution >= 0.6 is 11.8 Å². The number of carbonyl (C=O) groups is 1. The molecule has 248 valence electrons. The molecule has 5 rings (SSSR count). The molecule has 3 aromatic carbocycles. The lowest BCUT2D eigenvalue weighted by Gasteiger charge is -2.37. The van der Waals surface area contributed by atoms with Gasteiger partial charge >= 0.3 is 12.4 Å². The highest BCUT2D eigenvalue weighted by molar-refractivity contribution is 8.14. The van der Waals surface area contributed by atoms with E-state index < -0.39 is 24.9 Å². The third-order valence-corrected chi connectivity index (χ3v) is 8.30. The van der Waals surface area contributed by atoms with E-state index in [1.165, 1.54) is 71.3 Å². The van der Waals surface area contributed by atoms with Crippen molar-refractivity contribution in [1.29, 1.82) is 0 Å². The van der Waals surface area contributed by atoms with E-state index in [-0.39, 0.29) is 34.9 Å². The van der Waals surface area contributed by atoms with Gasteiger partial charge in [-0.1, -0.05) is 49.9 Å². The SMILES string of the molecule is CC(C)c1cc(F)ccc1N1/C(=N/C(=O)NC(F)C(F)c2ccc(-c3ncn(-c4ccc(OC(F)(F)F)cc4)n3)cc2)SCCC1C. The molecule has 0 saturated carbocycles. The van der Waals surface area contributed by atoms with Gasteiger partial charge in [-0.25, -0.2) is 27.6 Å². The summed E-state index contributed by atoms with van der Waals surface area (Å²) in [7, 11) is 0. The van der Waals surface area contributed by atoms with Crippen LogP contribution in [0.5, 0.6) is 5.75 Å². The number of nitrogens with one attached hydrogen (secondary N) is 1. The van der Waals surface area contributed by atoms with E-state index in [1.807, 2.05) is 31.0 Å². The Labute approximate surface area is 270 Å². The Morgan fingerprint density at radius 1 is 1.06 bits per heavy atom. The number of anilines is 1. The van der Waals surface area contributed by atoms with E-state index >= 15 is 4.39 Å². The molecule has 2 amide bonds. The summed E-state index contributed by atoms with van der Waals surface area (Å²) in [6.07, 6.45) is -7.31. The van der Waals surface area contributed by atoms with Crippen LogP contribution in [0.15, 0.2) is 78.0 Å². The fourth-order valence-electron chi connectivity index (χ4n) is 4.96. The number of alkyl halides is 5. The molecule has 0 radical (unpaired) electrons. The number of thioether (sulfide) groups is 1. The summed E-state index contributed by atoms with van der Waals surface area (Å²) in [6.45, 7) is 5.81. The van der Waals surface area contributed by atoms with Crippen LogP contribution < -0.4 is 15.0 Å². The van der Waals surface area contributed by atoms with Gasteiger partial charge < -0.3 is 15.0 Å². The zero-order valence-corrected chi connectivity index (χ0v) is 26.2. The van der Waals surface area contributed by atoms with Crippen molar-refractivity contribution in [2.24, 2.45) is 4.99 Å². The highest BCUT2D eigenvalue weighted by Gasteiger charge is 2.32. The molecule has 0 aliphatic carbocycles. The van der Waals surface area contributed by atoms with Gasteiger partial charge in [-0.2, -0.15) is 4.99 Å². The van der Waals surface area contributed by atoms with E-state index in [2.05, 4.69) is 19.8 Å². The van der Waals surface area contributed by atoms with Gasteiger partial charge in [0.15, 0.2) is 17.2 Å². The molecule has 3 atom stereocenters. The molecule has 3 unspecified atom stereocenters. The van der Waals surface area contributed by atoms with Crippen LogP contribution in [0.2, 0.25) is 0 Å². The molecule has 1 saturated heterocycles. The Bertz CT molecular complexity index is 1730. The van der Waals surface area contributed by atoms with Gasteiger partial charge in [0, 0.05) is 23.0 Å². The van der Waals surface area contributed by atoms with E-state index in [4.69, 9.17) is 0 Å². The molecule has 1 aliphatic rings. The predicted octanol–water partition coefficient (Wildman–Crippen LogP) is 8.50. The first-order valence-corrected chi connectivity index (χ1v) is 15.5. The Morgan fingerprint density at radius 2 is 1.77 bits per heavy atom. The van der Waals surface area contributed by atoms with Gasteiger partial charge in [-0.15, -0.1) is 18.3 Å². The zero-order chi connectivity index (χ0) is 33.9. The third-order valence-electron chi connectivity index (χ3n) is 7.31. The van der Waals surface area contributed by atoms with Crippen molar-refractivity contribution in [2.45, 2.75) is 58.0 Å². The fourth-order valence-corrected chi connectivity index (χ4v) is 6.16. The van der Waals surface area contributed by atoms with Crippen LogP contribution in [-0.4, -0.2) is 50.4 Å². The van der Waals surface area contributed by atoms with Crippen LogP contribution in [0.4, 0.5) is 36.8 Å². The lowest BCUT2D eigenvalue weighted by Crippen LogP contribution is -2.43. The minimum Gasteiger partial charge on any atom is -0.406 e. The van der Waals surface area contributed by atoms with Crippen LogP contribution in [0.25, 0.3) is 17.1 Å². The van der Waals surface area contributed by atoms with Crippen molar-refractivity contribution < 1.29 is 35.9 Å². The van der Waals surface area contributed by atoms with Crippen molar-refractivity contribution in [2.75, 3.05) is 10.7 Å². The molecule has 8 nitrogen and oxygen atoms in total. The van der Waals surface area contributed by atoms with Gasteiger partial charge in [0.25, 0.3) is 0 Å². The Hall–Kier alpha value is -4.53. The second-order valence-corrected chi connectivity index (χ2v) is 12.1. The van der Waals surface area contributed by atoms with Crippen LogP contribution in [0.3, 0.4) is 0 Å². The summed E-state index contributed by atoms with van der Waals surface area (Å²) < 4.78 is 86.6. The van der Waals surface area contributed by atoms with Crippen LogP contribution in [-0.2, 0) is 0 Å². The summed E-state index contributed by atoms with van der Waals surface area (Å²) >= 11 is 1.30. The number of halogens is 6. The highest BCUT2D eigenvalue weighted by atomic mass is 32.2. The van der Waals surface area contributed by atoms with Crippen molar-refractivity contribution in [3.05, 3.63) is 90.0 Å². The average Bonchev–Trinajstić information content (AvgIpc) is 3.51. The zero-order valence-electron chi connectivity index (χ0n) is 25.4. The first kappa shape index (κ1) is 33.8. The number of benzene rings is 3. The Morgan fingerprint density at radius 3 is 2.43 bits per heavy atom. The van der Waals surface area contributed by atoms with E-state index in [0.29, 0.717) is 27.9 Å². The lowest BCUT2D eigenvalue weighted by molar-refractivity contribution is -0.274. The van der Waals surface area contributed by atoms with Gasteiger partial charge in [-0.3, -0.25) is 0 Å². The first-order valence-electron chi connectivity index (χ1n) is 14.6. The minimum absolute atomic E-state index is 0.0159. The van der Waals surface area contributed by atoms with Gasteiger partial charge in [0.2, 0.25) is 6.30 Å². The molecule has 1 aliphatic heterocycles. The number of aromatic nitrogens is 3. The summed E-state index contributed by atoms with van der Waals surface area (Å²) in [6, 6.07) is 13.9. The van der Waals surface area contributed by atoms with Crippen molar-refractivity contribution >= 4 is 28.6 Å². The number of amidine groups is 1. The maximum atomic E-state index is 15.1. The number of aliphatic imine (C=N–C) groups is 1. The van der Waals surface area contributed by atoms with Crippen LogP contribution in [0, 0.1) is 5.82 Å². The maximum absolute atomic E-state index is 15.1. The molecule has 1 fully saturated rings. The Kier molecular flexibility index (Phi) is 10.1. The molecular formula is C32H30F6N6O2S. The molecule has 0 spiro atoms. The van der Waals surface area contributed by atoms with Gasteiger partial charge in [-0.05, 0) is 72.9 Å². The number of rotatable bonds is 8. The molecule has 4 aromatic rings. The summed E-state index contributed by atoms with van der Waals surface area (Å²) in [5.41, 5.74) is 2.26. The number of nitrogens with zero attached hydrogens (tertiary/aromatic N) is 5. The highest BCUT2D eigenvalue weighted by Crippen LogP contribution is 2.35. The summed E-state index contributed by atoms with van der Waals surface area (Å²) in [4.78, 5) is 22.8. The number of urea groups is 1. The molecular weight excluding hydrogens is 646 g/mol. The monoisotopic (exact) mass is 676 g/mol. The number of ether oxygens (including phenoxy) is 1. The topological polar surface area (TPSA) is 84.6 Å². The smallest absolute Gasteiger partial charge is 0.406 e. The second-order valence-electron chi connectivity index (χ2n) is 11.0. The quantitative estimate of drug-likeness (QED) is 0.149. The predicted molar refractivity (Wildman–Crippen MR) is 168 cm³/mol. The van der Waals surface area contributed by atoms with E-state index in [1.54, 1.807) is 6.07 Å². The second kappa shape index (κ2) is 14.1. The van der Waals surface area contributed by atoms with Gasteiger partial charge in [0.05, 0.1) is 5.69 Å². The summed E-state index contributed by atoms with van der Waals surface area (Å²) in [5, 5.41) is 6.57. The lowest BCUT2D eigenvalue weighted by atomic mass is 9.99. The number of hydrogen-bond acceptors (Lipinski definition) is 5. The molecule has 47 heavy (non-hydrogen) atoms. The summed E-state index contributed by atoms with van der Waals surface area (Å²) in [5.74, 6) is 0.107. The molecule has 1 N–H and O–H groups in total. The Balaban J connectivity index is 1.24. The fraction of sp³-hybridized carbons (Fsp3) is 0.312. The molecule has 1 aromatic heterocycles.